The van der Waals surface area contributed by atoms with Crippen molar-refractivity contribution in [3.05, 3.63) is 24.3 Å². The fourth-order valence-corrected chi connectivity index (χ4v) is 4.29. The number of hydrogen-bond donors (Lipinski definition) is 1. The molecule has 0 saturated heterocycles. The van der Waals surface area contributed by atoms with Gasteiger partial charge in [0, 0.05) is 16.2 Å². The fraction of sp³-hybridized carbons (Fsp3) is 0.647. The molecule has 1 aromatic rings. The van der Waals surface area contributed by atoms with Gasteiger partial charge in [-0.3, -0.25) is 0 Å². The van der Waals surface area contributed by atoms with Gasteiger partial charge >= 0.3 is 0 Å². The molecule has 0 bridgehead atoms. The first-order valence-electron chi connectivity index (χ1n) is 7.88. The lowest BCUT2D eigenvalue weighted by atomic mass is 10.1. The minimum Gasteiger partial charge on any atom is -0.496 e. The first kappa shape index (κ1) is 15.7. The molecular weight excluding hydrogens is 266 g/mol. The van der Waals surface area contributed by atoms with Gasteiger partial charge in [0.05, 0.1) is 7.11 Å². The van der Waals surface area contributed by atoms with Crippen LogP contribution in [0, 0.1) is 0 Å². The summed E-state index contributed by atoms with van der Waals surface area (Å²) in [5.74, 6) is 1.01. The Kier molecular flexibility index (Phi) is 6.74. The van der Waals surface area contributed by atoms with Crippen LogP contribution in [-0.2, 0) is 0 Å². The molecule has 0 amide bonds. The Morgan fingerprint density at radius 3 is 2.80 bits per heavy atom. The van der Waals surface area contributed by atoms with Crippen LogP contribution in [0.4, 0.5) is 0 Å². The van der Waals surface area contributed by atoms with Gasteiger partial charge in [-0.15, -0.1) is 11.8 Å². The smallest absolute Gasteiger partial charge is 0.132 e. The van der Waals surface area contributed by atoms with E-state index in [1.165, 1.54) is 43.4 Å². The Morgan fingerprint density at radius 1 is 1.20 bits per heavy atom. The molecule has 2 atom stereocenters. The summed E-state index contributed by atoms with van der Waals surface area (Å²) in [6, 6.07) is 9.05. The lowest BCUT2D eigenvalue weighted by molar-refractivity contribution is 0.404. The highest BCUT2D eigenvalue weighted by molar-refractivity contribution is 8.00. The van der Waals surface area contributed by atoms with Gasteiger partial charge in [0.25, 0.3) is 0 Å². The van der Waals surface area contributed by atoms with Crippen molar-refractivity contribution in [3.8, 4) is 5.75 Å². The summed E-state index contributed by atoms with van der Waals surface area (Å²) in [7, 11) is 1.76. The first-order chi connectivity index (χ1) is 9.85. The lowest BCUT2D eigenvalue weighted by Gasteiger charge is -2.26. The van der Waals surface area contributed by atoms with Gasteiger partial charge in [-0.25, -0.2) is 0 Å². The molecule has 0 aliphatic heterocycles. The van der Waals surface area contributed by atoms with Crippen LogP contribution in [0.1, 0.15) is 45.4 Å². The highest BCUT2D eigenvalue weighted by Gasteiger charge is 2.24. The third kappa shape index (κ3) is 4.42. The van der Waals surface area contributed by atoms with E-state index in [1.807, 2.05) is 17.8 Å². The van der Waals surface area contributed by atoms with Crippen LogP contribution in [0.3, 0.4) is 0 Å². The van der Waals surface area contributed by atoms with E-state index in [9.17, 15) is 0 Å². The molecular formula is C17H27NOS. The molecule has 1 saturated carbocycles. The maximum Gasteiger partial charge on any atom is 0.132 e. The number of para-hydroxylation sites is 1. The first-order valence-corrected chi connectivity index (χ1v) is 8.76. The number of ether oxygens (including phenoxy) is 1. The Labute approximate surface area is 127 Å². The largest absolute Gasteiger partial charge is 0.496 e. The summed E-state index contributed by atoms with van der Waals surface area (Å²) in [5.41, 5.74) is 0. The highest BCUT2D eigenvalue weighted by atomic mass is 32.2. The number of rotatable bonds is 6. The molecule has 2 nitrogen and oxygen atoms in total. The zero-order valence-corrected chi connectivity index (χ0v) is 13.5. The molecule has 2 unspecified atom stereocenters. The monoisotopic (exact) mass is 293 g/mol. The van der Waals surface area contributed by atoms with E-state index in [0.29, 0.717) is 11.3 Å². The molecule has 3 heteroatoms. The standard InChI is InChI=1S/C17H27NOS/c1-3-13-18-14-9-5-4-6-11-16(14)20-17-12-8-7-10-15(17)19-2/h7-8,10,12,14,16,18H,3-6,9,11,13H2,1-2H3. The van der Waals surface area contributed by atoms with E-state index in [0.717, 1.165) is 12.3 Å². The van der Waals surface area contributed by atoms with Crippen molar-refractivity contribution >= 4 is 11.8 Å². The molecule has 1 aromatic carbocycles. The maximum absolute atomic E-state index is 5.49. The van der Waals surface area contributed by atoms with Gasteiger partial charge in [0.15, 0.2) is 0 Å². The molecule has 1 aliphatic carbocycles. The van der Waals surface area contributed by atoms with Crippen molar-refractivity contribution in [3.63, 3.8) is 0 Å². The van der Waals surface area contributed by atoms with E-state index in [-0.39, 0.29) is 0 Å². The van der Waals surface area contributed by atoms with E-state index in [2.05, 4.69) is 30.4 Å². The molecule has 0 spiro atoms. The molecule has 2 rings (SSSR count). The van der Waals surface area contributed by atoms with Crippen molar-refractivity contribution in [2.45, 2.75) is 61.6 Å². The van der Waals surface area contributed by atoms with Crippen molar-refractivity contribution in [2.75, 3.05) is 13.7 Å². The second-order valence-corrected chi connectivity index (χ2v) is 6.79. The fourth-order valence-electron chi connectivity index (χ4n) is 2.86. The molecule has 0 radical (unpaired) electrons. The lowest BCUT2D eigenvalue weighted by Crippen LogP contribution is -2.37. The van der Waals surface area contributed by atoms with Gasteiger partial charge in [-0.2, -0.15) is 0 Å². The number of methoxy groups -OCH3 is 1. The molecule has 1 N–H and O–H groups in total. The van der Waals surface area contributed by atoms with Gasteiger partial charge in [0.1, 0.15) is 5.75 Å². The van der Waals surface area contributed by atoms with Crippen LogP contribution in [0.25, 0.3) is 0 Å². The Hall–Kier alpha value is -0.670. The highest BCUT2D eigenvalue weighted by Crippen LogP contribution is 2.37. The van der Waals surface area contributed by atoms with Crippen molar-refractivity contribution in [1.29, 1.82) is 0 Å². The normalized spacial score (nSPS) is 23.3. The number of hydrogen-bond acceptors (Lipinski definition) is 3. The minimum absolute atomic E-state index is 0.646. The van der Waals surface area contributed by atoms with Crippen LogP contribution < -0.4 is 10.1 Å². The Balaban J connectivity index is 2.06. The third-order valence-corrected chi connectivity index (χ3v) is 5.41. The molecule has 20 heavy (non-hydrogen) atoms. The summed E-state index contributed by atoms with van der Waals surface area (Å²) < 4.78 is 5.49. The molecule has 0 heterocycles. The van der Waals surface area contributed by atoms with E-state index < -0.39 is 0 Å². The summed E-state index contributed by atoms with van der Waals surface area (Å²) in [6.07, 6.45) is 7.94. The molecule has 112 valence electrons. The minimum atomic E-state index is 0.646. The van der Waals surface area contributed by atoms with Crippen molar-refractivity contribution < 1.29 is 4.74 Å². The van der Waals surface area contributed by atoms with E-state index in [1.54, 1.807) is 7.11 Å². The summed E-state index contributed by atoms with van der Waals surface area (Å²) in [5, 5.41) is 4.42. The topological polar surface area (TPSA) is 21.3 Å². The van der Waals surface area contributed by atoms with Crippen molar-refractivity contribution in [1.82, 2.24) is 5.32 Å². The predicted octanol–water partition coefficient (Wildman–Crippen LogP) is 4.49. The zero-order valence-electron chi connectivity index (χ0n) is 12.7. The quantitative estimate of drug-likeness (QED) is 0.781. The van der Waals surface area contributed by atoms with Crippen LogP contribution in [-0.4, -0.2) is 24.9 Å². The number of benzene rings is 1. The van der Waals surface area contributed by atoms with Crippen LogP contribution in [0.2, 0.25) is 0 Å². The Bertz CT molecular complexity index is 396. The van der Waals surface area contributed by atoms with Crippen LogP contribution in [0.15, 0.2) is 29.2 Å². The van der Waals surface area contributed by atoms with Gasteiger partial charge in [0.2, 0.25) is 0 Å². The van der Waals surface area contributed by atoms with Crippen LogP contribution in [0.5, 0.6) is 5.75 Å². The van der Waals surface area contributed by atoms with E-state index >= 15 is 0 Å². The van der Waals surface area contributed by atoms with Gasteiger partial charge < -0.3 is 10.1 Å². The SMILES string of the molecule is CCCNC1CCCCCC1Sc1ccccc1OC. The summed E-state index contributed by atoms with van der Waals surface area (Å²) in [4.78, 5) is 1.28. The zero-order chi connectivity index (χ0) is 14.2. The predicted molar refractivity (Wildman–Crippen MR) is 87.8 cm³/mol. The second-order valence-electron chi connectivity index (χ2n) is 5.51. The Morgan fingerprint density at radius 2 is 2.00 bits per heavy atom. The maximum atomic E-state index is 5.49. The van der Waals surface area contributed by atoms with E-state index in [4.69, 9.17) is 4.74 Å². The summed E-state index contributed by atoms with van der Waals surface area (Å²) in [6.45, 7) is 3.37. The molecule has 0 aromatic heterocycles. The molecule has 1 fully saturated rings. The third-order valence-electron chi connectivity index (χ3n) is 3.96. The molecule has 1 aliphatic rings. The second kappa shape index (κ2) is 8.58. The van der Waals surface area contributed by atoms with Crippen LogP contribution >= 0.6 is 11.8 Å². The number of thioether (sulfide) groups is 1. The van der Waals surface area contributed by atoms with Gasteiger partial charge in [-0.05, 0) is 37.9 Å². The van der Waals surface area contributed by atoms with Gasteiger partial charge in [-0.1, -0.05) is 38.3 Å². The van der Waals surface area contributed by atoms with Crippen molar-refractivity contribution in [2.24, 2.45) is 0 Å². The number of nitrogens with one attached hydrogen (secondary N) is 1. The average Bonchev–Trinajstić information content (AvgIpc) is 2.71. The summed E-state index contributed by atoms with van der Waals surface area (Å²) >= 11 is 2.00. The average molecular weight is 293 g/mol.